The fraction of sp³-hybridized carbons (Fsp3) is 0.312. The number of aryl methyl sites for hydroxylation is 4. The molecule has 0 amide bonds. The molecule has 0 radical (unpaired) electrons. The van der Waals surface area contributed by atoms with E-state index in [-0.39, 0.29) is 22.4 Å². The van der Waals surface area contributed by atoms with Gasteiger partial charge in [-0.05, 0) is 51.0 Å². The molecular weight excluding hydrogens is 366 g/mol. The Morgan fingerprint density at radius 3 is 2.40 bits per heavy atom. The maximum absolute atomic E-state index is 12.7. The van der Waals surface area contributed by atoms with Crippen molar-refractivity contribution in [3.8, 4) is 11.5 Å². The van der Waals surface area contributed by atoms with Gasteiger partial charge in [0, 0.05) is 5.02 Å². The van der Waals surface area contributed by atoms with Crippen LogP contribution in [0.25, 0.3) is 11.5 Å². The highest BCUT2D eigenvalue weighted by Gasteiger charge is 2.24. The Labute approximate surface area is 149 Å². The van der Waals surface area contributed by atoms with Crippen LogP contribution in [0.3, 0.4) is 0 Å². The number of aromatic nitrogens is 3. The molecule has 3 aromatic rings. The molecule has 0 aliphatic rings. The van der Waals surface area contributed by atoms with Gasteiger partial charge in [-0.3, -0.25) is 0 Å². The van der Waals surface area contributed by atoms with E-state index >= 15 is 0 Å². The van der Waals surface area contributed by atoms with E-state index in [1.54, 1.807) is 39.8 Å². The summed E-state index contributed by atoms with van der Waals surface area (Å²) in [5, 5.41) is 8.12. The van der Waals surface area contributed by atoms with Gasteiger partial charge in [0.1, 0.15) is 17.1 Å². The van der Waals surface area contributed by atoms with Crippen LogP contribution in [-0.2, 0) is 15.6 Å². The SMILES string of the molecule is Cc1cc(S(=O)(=O)Cc2noc(-c3c(C)noc3C)n2)c(C)cc1Cl. The molecule has 132 valence electrons. The van der Waals surface area contributed by atoms with Crippen LogP contribution in [0.2, 0.25) is 5.02 Å². The molecular formula is C16H16ClN3O4S. The first kappa shape index (κ1) is 17.6. The first-order chi connectivity index (χ1) is 11.7. The van der Waals surface area contributed by atoms with Crippen LogP contribution in [-0.4, -0.2) is 23.7 Å². The normalized spacial score (nSPS) is 11.9. The van der Waals surface area contributed by atoms with E-state index < -0.39 is 9.84 Å². The van der Waals surface area contributed by atoms with E-state index in [9.17, 15) is 8.42 Å². The summed E-state index contributed by atoms with van der Waals surface area (Å²) >= 11 is 6.04. The van der Waals surface area contributed by atoms with Gasteiger partial charge in [0.15, 0.2) is 15.7 Å². The van der Waals surface area contributed by atoms with Crippen LogP contribution in [0.1, 0.15) is 28.4 Å². The van der Waals surface area contributed by atoms with Crippen molar-refractivity contribution in [3.63, 3.8) is 0 Å². The Kier molecular flexibility index (Phi) is 4.42. The van der Waals surface area contributed by atoms with Crippen LogP contribution in [0.4, 0.5) is 0 Å². The van der Waals surface area contributed by atoms with Crippen molar-refractivity contribution < 1.29 is 17.5 Å². The van der Waals surface area contributed by atoms with Crippen LogP contribution >= 0.6 is 11.6 Å². The summed E-state index contributed by atoms with van der Waals surface area (Å²) in [5.41, 5.74) is 2.44. The van der Waals surface area contributed by atoms with Crippen LogP contribution in [0.5, 0.6) is 0 Å². The fourth-order valence-corrected chi connectivity index (χ4v) is 4.28. The number of hydrogen-bond acceptors (Lipinski definition) is 7. The third-order valence-electron chi connectivity index (χ3n) is 3.83. The van der Waals surface area contributed by atoms with Gasteiger partial charge in [-0.15, -0.1) is 0 Å². The first-order valence-electron chi connectivity index (χ1n) is 7.44. The maximum atomic E-state index is 12.7. The summed E-state index contributed by atoms with van der Waals surface area (Å²) in [7, 11) is -3.64. The van der Waals surface area contributed by atoms with Gasteiger partial charge in [0.05, 0.1) is 10.6 Å². The van der Waals surface area contributed by atoms with E-state index in [1.807, 2.05) is 0 Å². The van der Waals surface area contributed by atoms with Gasteiger partial charge in [0.2, 0.25) is 0 Å². The molecule has 0 unspecified atom stereocenters. The first-order valence-corrected chi connectivity index (χ1v) is 9.47. The third-order valence-corrected chi connectivity index (χ3v) is 5.98. The number of halogens is 1. The predicted octanol–water partition coefficient (Wildman–Crippen LogP) is 3.59. The van der Waals surface area contributed by atoms with Gasteiger partial charge < -0.3 is 9.05 Å². The quantitative estimate of drug-likeness (QED) is 0.680. The Morgan fingerprint density at radius 2 is 1.76 bits per heavy atom. The molecule has 0 aliphatic carbocycles. The van der Waals surface area contributed by atoms with Crippen molar-refractivity contribution in [2.24, 2.45) is 0 Å². The minimum absolute atomic E-state index is 0.0713. The summed E-state index contributed by atoms with van der Waals surface area (Å²) in [5.74, 6) is 0.411. The van der Waals surface area contributed by atoms with Crippen molar-refractivity contribution in [1.82, 2.24) is 15.3 Å². The molecule has 2 heterocycles. The topological polar surface area (TPSA) is 99.1 Å². The van der Waals surface area contributed by atoms with Crippen molar-refractivity contribution in [2.75, 3.05) is 0 Å². The van der Waals surface area contributed by atoms with Crippen LogP contribution in [0, 0.1) is 27.7 Å². The zero-order valence-electron chi connectivity index (χ0n) is 14.1. The average molecular weight is 382 g/mol. The lowest BCUT2D eigenvalue weighted by atomic mass is 10.2. The zero-order chi connectivity index (χ0) is 18.4. The van der Waals surface area contributed by atoms with Crippen molar-refractivity contribution in [3.05, 3.63) is 45.6 Å². The largest absolute Gasteiger partial charge is 0.361 e. The zero-order valence-corrected chi connectivity index (χ0v) is 15.7. The van der Waals surface area contributed by atoms with Gasteiger partial charge in [-0.1, -0.05) is 21.9 Å². The smallest absolute Gasteiger partial charge is 0.263 e. The molecule has 0 N–H and O–H groups in total. The summed E-state index contributed by atoms with van der Waals surface area (Å²) in [6.07, 6.45) is 0. The Bertz CT molecular complexity index is 1030. The lowest BCUT2D eigenvalue weighted by molar-refractivity contribution is 0.392. The summed E-state index contributed by atoms with van der Waals surface area (Å²) < 4.78 is 35.7. The number of sulfone groups is 1. The maximum Gasteiger partial charge on any atom is 0.263 e. The Hall–Kier alpha value is -2.19. The van der Waals surface area contributed by atoms with Gasteiger partial charge in [-0.2, -0.15) is 4.98 Å². The molecule has 1 aromatic carbocycles. The molecule has 0 saturated heterocycles. The fourth-order valence-electron chi connectivity index (χ4n) is 2.54. The summed E-state index contributed by atoms with van der Waals surface area (Å²) in [6.45, 7) is 6.91. The standard InChI is InChI=1S/C16H16ClN3O4S/c1-8-6-13(9(2)5-12(8)17)25(21,22)7-14-18-16(24-20-14)15-10(3)19-23-11(15)4/h5-6H,7H2,1-4H3. The molecule has 9 heteroatoms. The van der Waals surface area contributed by atoms with Crippen molar-refractivity contribution in [2.45, 2.75) is 38.3 Å². The van der Waals surface area contributed by atoms with Crippen molar-refractivity contribution >= 4 is 21.4 Å². The highest BCUT2D eigenvalue weighted by molar-refractivity contribution is 7.90. The van der Waals surface area contributed by atoms with E-state index in [4.69, 9.17) is 20.6 Å². The molecule has 0 fully saturated rings. The Morgan fingerprint density at radius 1 is 1.04 bits per heavy atom. The third kappa shape index (κ3) is 3.32. The lowest BCUT2D eigenvalue weighted by Crippen LogP contribution is -2.08. The average Bonchev–Trinajstić information content (AvgIpc) is 3.08. The highest BCUT2D eigenvalue weighted by Crippen LogP contribution is 2.28. The second-order valence-corrected chi connectivity index (χ2v) is 8.21. The van der Waals surface area contributed by atoms with Gasteiger partial charge in [-0.25, -0.2) is 8.42 Å². The number of nitrogens with zero attached hydrogens (tertiary/aromatic N) is 3. The second kappa shape index (κ2) is 6.27. The van der Waals surface area contributed by atoms with E-state index in [0.29, 0.717) is 33.2 Å². The molecule has 25 heavy (non-hydrogen) atoms. The molecule has 7 nitrogen and oxygen atoms in total. The Balaban J connectivity index is 1.94. The van der Waals surface area contributed by atoms with Crippen LogP contribution < -0.4 is 0 Å². The van der Waals surface area contributed by atoms with Crippen molar-refractivity contribution in [1.29, 1.82) is 0 Å². The minimum atomic E-state index is -3.64. The lowest BCUT2D eigenvalue weighted by Gasteiger charge is -2.08. The highest BCUT2D eigenvalue weighted by atomic mass is 35.5. The molecule has 0 saturated carbocycles. The van der Waals surface area contributed by atoms with E-state index in [1.165, 1.54) is 0 Å². The number of rotatable bonds is 4. The van der Waals surface area contributed by atoms with Crippen LogP contribution in [0.15, 0.2) is 26.1 Å². The van der Waals surface area contributed by atoms with Gasteiger partial charge >= 0.3 is 0 Å². The molecule has 0 spiro atoms. The molecule has 0 aliphatic heterocycles. The molecule has 3 rings (SSSR count). The van der Waals surface area contributed by atoms with E-state index in [0.717, 1.165) is 0 Å². The van der Waals surface area contributed by atoms with E-state index in [2.05, 4.69) is 15.3 Å². The molecule has 2 aromatic heterocycles. The van der Waals surface area contributed by atoms with Gasteiger partial charge in [0.25, 0.3) is 5.89 Å². The number of hydrogen-bond donors (Lipinski definition) is 0. The predicted molar refractivity (Wildman–Crippen MR) is 91.1 cm³/mol. The molecule has 0 atom stereocenters. The summed E-state index contributed by atoms with van der Waals surface area (Å²) in [4.78, 5) is 4.38. The number of benzene rings is 1. The summed E-state index contributed by atoms with van der Waals surface area (Å²) in [6, 6.07) is 3.19. The minimum Gasteiger partial charge on any atom is -0.361 e. The monoisotopic (exact) mass is 381 g/mol. The second-order valence-electron chi connectivity index (χ2n) is 5.84. The molecule has 0 bridgehead atoms.